The lowest BCUT2D eigenvalue weighted by Gasteiger charge is -2.04. The largest absolute Gasteiger partial charge is 0.459 e. The molecule has 0 radical (unpaired) electrons. The molecule has 0 N–H and O–H groups in total. The zero-order chi connectivity index (χ0) is 19.5. The number of aryl methyl sites for hydroxylation is 2. The molecule has 0 atom stereocenters. The third kappa shape index (κ3) is 3.86. The minimum absolute atomic E-state index is 0.0393. The van der Waals surface area contributed by atoms with Crippen molar-refractivity contribution < 1.29 is 13.9 Å². The van der Waals surface area contributed by atoms with Gasteiger partial charge in [-0.3, -0.25) is 14.0 Å². The lowest BCUT2D eigenvalue weighted by atomic mass is 10.2. The van der Waals surface area contributed by atoms with Crippen molar-refractivity contribution in [2.45, 2.75) is 26.4 Å². The monoisotopic (exact) mass is 395 g/mol. The number of aromatic nitrogens is 3. The molecule has 28 heavy (non-hydrogen) atoms. The average molecular weight is 395 g/mol. The van der Waals surface area contributed by atoms with Gasteiger partial charge in [0.25, 0.3) is 5.56 Å². The number of thiazole rings is 1. The van der Waals surface area contributed by atoms with Gasteiger partial charge in [0, 0.05) is 29.1 Å². The lowest BCUT2D eigenvalue weighted by molar-refractivity contribution is -0.145. The molecule has 3 aromatic heterocycles. The van der Waals surface area contributed by atoms with Crippen LogP contribution in [-0.2, 0) is 22.6 Å². The molecule has 4 rings (SSSR count). The van der Waals surface area contributed by atoms with Gasteiger partial charge in [0.1, 0.15) is 6.61 Å². The molecule has 0 amide bonds. The molecule has 0 aliphatic carbocycles. The van der Waals surface area contributed by atoms with E-state index in [9.17, 15) is 9.59 Å². The Labute approximate surface area is 164 Å². The Morgan fingerprint density at radius 3 is 2.93 bits per heavy atom. The first-order chi connectivity index (χ1) is 13.6. The summed E-state index contributed by atoms with van der Waals surface area (Å²) in [6.07, 6.45) is 2.12. The molecular weight excluding hydrogens is 378 g/mol. The summed E-state index contributed by atoms with van der Waals surface area (Å²) in [6.45, 7) is 1.81. The average Bonchev–Trinajstić information content (AvgIpc) is 3.33. The minimum atomic E-state index is -0.399. The van der Waals surface area contributed by atoms with Gasteiger partial charge in [0.05, 0.1) is 18.3 Å². The molecule has 0 fully saturated rings. The summed E-state index contributed by atoms with van der Waals surface area (Å²) in [5.41, 5.74) is 2.02. The van der Waals surface area contributed by atoms with Crippen LogP contribution >= 0.6 is 11.3 Å². The van der Waals surface area contributed by atoms with Crippen LogP contribution < -0.4 is 5.56 Å². The smallest absolute Gasteiger partial charge is 0.306 e. The molecule has 0 aliphatic heterocycles. The van der Waals surface area contributed by atoms with Crippen LogP contribution in [0.15, 0.2) is 57.2 Å². The standard InChI is InChI=1S/C20H17N3O4S/c1-13-12-28-20-22-15(9-18(24)23(13)20)11-26-19(25)8-7-17-21-10-16(27-17)14-5-3-2-4-6-14/h2-6,9-10,12H,7-8,11H2,1H3. The van der Waals surface area contributed by atoms with Crippen LogP contribution in [0.4, 0.5) is 0 Å². The van der Waals surface area contributed by atoms with E-state index in [1.165, 1.54) is 21.8 Å². The molecule has 142 valence electrons. The second-order valence-electron chi connectivity index (χ2n) is 6.23. The zero-order valence-electron chi connectivity index (χ0n) is 15.1. The highest BCUT2D eigenvalue weighted by Crippen LogP contribution is 2.20. The minimum Gasteiger partial charge on any atom is -0.459 e. The van der Waals surface area contributed by atoms with Gasteiger partial charge >= 0.3 is 5.97 Å². The van der Waals surface area contributed by atoms with E-state index in [0.717, 1.165) is 11.3 Å². The van der Waals surface area contributed by atoms with Gasteiger partial charge in [0.2, 0.25) is 0 Å². The van der Waals surface area contributed by atoms with E-state index in [-0.39, 0.29) is 18.6 Å². The number of ether oxygens (including phenoxy) is 1. The molecular formula is C20H17N3O4S. The number of esters is 1. The van der Waals surface area contributed by atoms with Gasteiger partial charge in [-0.15, -0.1) is 11.3 Å². The highest BCUT2D eigenvalue weighted by Gasteiger charge is 2.12. The number of fused-ring (bicyclic) bond motifs is 1. The van der Waals surface area contributed by atoms with Crippen molar-refractivity contribution in [3.63, 3.8) is 0 Å². The maximum atomic E-state index is 12.1. The van der Waals surface area contributed by atoms with E-state index in [0.29, 0.717) is 28.7 Å². The summed E-state index contributed by atoms with van der Waals surface area (Å²) in [7, 11) is 0. The van der Waals surface area contributed by atoms with Crippen molar-refractivity contribution >= 4 is 22.3 Å². The van der Waals surface area contributed by atoms with Crippen molar-refractivity contribution in [1.82, 2.24) is 14.4 Å². The molecule has 1 aromatic carbocycles. The molecule has 3 heterocycles. The Balaban J connectivity index is 1.33. The Morgan fingerprint density at radius 2 is 2.11 bits per heavy atom. The van der Waals surface area contributed by atoms with E-state index in [4.69, 9.17) is 9.15 Å². The van der Waals surface area contributed by atoms with Gasteiger partial charge in [-0.25, -0.2) is 9.97 Å². The predicted octanol–water partition coefficient (Wildman–Crippen LogP) is 3.40. The molecule has 0 saturated heterocycles. The molecule has 0 spiro atoms. The molecule has 0 aliphatic rings. The summed E-state index contributed by atoms with van der Waals surface area (Å²) in [5.74, 6) is 0.736. The summed E-state index contributed by atoms with van der Waals surface area (Å²) in [4.78, 5) is 33.3. The van der Waals surface area contributed by atoms with Crippen molar-refractivity contribution in [3.8, 4) is 11.3 Å². The van der Waals surface area contributed by atoms with E-state index in [1.807, 2.05) is 42.6 Å². The SMILES string of the molecule is Cc1csc2nc(COC(=O)CCc3ncc(-c4ccccc4)o3)cc(=O)n12. The van der Waals surface area contributed by atoms with Crippen molar-refractivity contribution in [2.75, 3.05) is 0 Å². The van der Waals surface area contributed by atoms with Gasteiger partial charge in [-0.1, -0.05) is 30.3 Å². The van der Waals surface area contributed by atoms with Crippen LogP contribution in [-0.4, -0.2) is 20.3 Å². The van der Waals surface area contributed by atoms with E-state index >= 15 is 0 Å². The molecule has 0 bridgehead atoms. The van der Waals surface area contributed by atoms with Crippen molar-refractivity contribution in [3.05, 3.63) is 75.6 Å². The molecule has 0 saturated carbocycles. The Morgan fingerprint density at radius 1 is 1.29 bits per heavy atom. The van der Waals surface area contributed by atoms with Crippen LogP contribution in [0.5, 0.6) is 0 Å². The topological polar surface area (TPSA) is 86.7 Å². The Hall–Kier alpha value is -3.26. The van der Waals surface area contributed by atoms with E-state index in [2.05, 4.69) is 9.97 Å². The quantitative estimate of drug-likeness (QED) is 0.465. The fraction of sp³-hybridized carbons (Fsp3) is 0.200. The summed E-state index contributed by atoms with van der Waals surface area (Å²) < 4.78 is 12.4. The highest BCUT2D eigenvalue weighted by molar-refractivity contribution is 7.15. The number of hydrogen-bond donors (Lipinski definition) is 0. The summed E-state index contributed by atoms with van der Waals surface area (Å²) in [5, 5.41) is 1.86. The van der Waals surface area contributed by atoms with Crippen LogP contribution in [0.2, 0.25) is 0 Å². The molecule has 4 aromatic rings. The molecule has 7 nitrogen and oxygen atoms in total. The second kappa shape index (κ2) is 7.77. The highest BCUT2D eigenvalue weighted by atomic mass is 32.1. The third-order valence-electron chi connectivity index (χ3n) is 4.16. The Bertz CT molecular complexity index is 1180. The third-order valence-corrected chi connectivity index (χ3v) is 5.11. The fourth-order valence-corrected chi connectivity index (χ4v) is 3.66. The van der Waals surface area contributed by atoms with Crippen LogP contribution in [0.3, 0.4) is 0 Å². The second-order valence-corrected chi connectivity index (χ2v) is 7.06. The van der Waals surface area contributed by atoms with Crippen LogP contribution in [0.25, 0.3) is 16.3 Å². The van der Waals surface area contributed by atoms with E-state index < -0.39 is 5.97 Å². The number of benzene rings is 1. The normalized spacial score (nSPS) is 11.0. The number of nitrogens with zero attached hydrogens (tertiary/aromatic N) is 3. The fourth-order valence-electron chi connectivity index (χ4n) is 2.77. The van der Waals surface area contributed by atoms with Crippen molar-refractivity contribution in [2.24, 2.45) is 0 Å². The zero-order valence-corrected chi connectivity index (χ0v) is 15.9. The number of carbonyl (C=O) groups is 1. The number of carbonyl (C=O) groups excluding carboxylic acids is 1. The molecule has 0 unspecified atom stereocenters. The predicted molar refractivity (Wildman–Crippen MR) is 104 cm³/mol. The number of oxazole rings is 1. The first kappa shape index (κ1) is 18.1. The first-order valence-electron chi connectivity index (χ1n) is 8.73. The number of rotatable bonds is 6. The van der Waals surface area contributed by atoms with Gasteiger partial charge in [-0.05, 0) is 6.92 Å². The number of hydrogen-bond acceptors (Lipinski definition) is 7. The lowest BCUT2D eigenvalue weighted by Crippen LogP contribution is -2.16. The van der Waals surface area contributed by atoms with Crippen LogP contribution in [0, 0.1) is 6.92 Å². The van der Waals surface area contributed by atoms with Crippen molar-refractivity contribution in [1.29, 1.82) is 0 Å². The first-order valence-corrected chi connectivity index (χ1v) is 9.60. The maximum Gasteiger partial charge on any atom is 0.306 e. The van der Waals surface area contributed by atoms with Gasteiger partial charge in [-0.2, -0.15) is 0 Å². The van der Waals surface area contributed by atoms with Crippen LogP contribution in [0.1, 0.15) is 23.7 Å². The van der Waals surface area contributed by atoms with Gasteiger partial charge in [0.15, 0.2) is 16.6 Å². The Kier molecular flexibility index (Phi) is 5.03. The maximum absolute atomic E-state index is 12.1. The molecule has 8 heteroatoms. The van der Waals surface area contributed by atoms with E-state index in [1.54, 1.807) is 6.20 Å². The summed E-state index contributed by atoms with van der Waals surface area (Å²) in [6, 6.07) is 11.0. The van der Waals surface area contributed by atoms with Gasteiger partial charge < -0.3 is 9.15 Å². The summed E-state index contributed by atoms with van der Waals surface area (Å²) >= 11 is 1.38.